The summed E-state index contributed by atoms with van der Waals surface area (Å²) < 4.78 is 4.90. The number of rotatable bonds is 2. The molecule has 0 spiro atoms. The van der Waals surface area contributed by atoms with Gasteiger partial charge in [0.1, 0.15) is 5.56 Å². The molecule has 1 rings (SSSR count). The maximum absolute atomic E-state index is 10.5. The molecule has 1 amide bonds. The van der Waals surface area contributed by atoms with Crippen molar-refractivity contribution < 1.29 is 9.53 Å². The number of primary amides is 1. The monoisotopic (exact) mass is 163 g/mol. The number of hydrogen-bond donors (Lipinski definition) is 1. The molecule has 2 unspecified atom stereocenters. The lowest BCUT2D eigenvalue weighted by Gasteiger charge is -2.42. The number of nitrogens with two attached hydrogens (primary N) is 1. The average Bonchev–Trinajstić information content (AvgIpc) is 1.84. The van der Waals surface area contributed by atoms with Gasteiger partial charge < -0.3 is 10.5 Å². The molecule has 0 aliphatic carbocycles. The second-order valence-electron chi connectivity index (χ2n) is 2.92. The fourth-order valence-electron chi connectivity index (χ4n) is 0.960. The van der Waals surface area contributed by atoms with E-state index in [0.29, 0.717) is 13.0 Å². The van der Waals surface area contributed by atoms with Crippen LogP contribution in [-0.4, -0.2) is 18.1 Å². The number of halogens is 1. The largest absolute Gasteiger partial charge is 0.370 e. The van der Waals surface area contributed by atoms with Gasteiger partial charge >= 0.3 is 0 Å². The van der Waals surface area contributed by atoms with Crippen LogP contribution in [0.4, 0.5) is 0 Å². The van der Waals surface area contributed by atoms with Crippen LogP contribution in [-0.2, 0) is 9.53 Å². The molecule has 1 aliphatic heterocycles. The van der Waals surface area contributed by atoms with Crippen molar-refractivity contribution in [1.29, 1.82) is 0 Å². The minimum Gasteiger partial charge on any atom is -0.370 e. The summed E-state index contributed by atoms with van der Waals surface area (Å²) in [5.41, 5.74) is 4.42. The Morgan fingerprint density at radius 1 is 2.00 bits per heavy atom. The molecule has 0 bridgehead atoms. The Balaban J connectivity index is 2.45. The van der Waals surface area contributed by atoms with Gasteiger partial charge in [-0.05, 0) is 0 Å². The second-order valence-corrected chi connectivity index (χ2v) is 3.32. The zero-order chi connectivity index (χ0) is 7.78. The van der Waals surface area contributed by atoms with Crippen molar-refractivity contribution in [3.8, 4) is 0 Å². The van der Waals surface area contributed by atoms with Gasteiger partial charge in [-0.25, -0.2) is 0 Å². The summed E-state index contributed by atoms with van der Waals surface area (Å²) in [7, 11) is 0. The lowest BCUT2D eigenvalue weighted by Crippen LogP contribution is -2.48. The molecule has 1 aliphatic rings. The Morgan fingerprint density at radius 3 is 2.70 bits per heavy atom. The van der Waals surface area contributed by atoms with Gasteiger partial charge in [-0.3, -0.25) is 4.79 Å². The van der Waals surface area contributed by atoms with E-state index in [4.69, 9.17) is 22.1 Å². The summed E-state index contributed by atoms with van der Waals surface area (Å²) in [5.74, 6) is -0.323. The summed E-state index contributed by atoms with van der Waals surface area (Å²) in [6, 6.07) is 0. The highest BCUT2D eigenvalue weighted by molar-refractivity contribution is 6.20. The van der Waals surface area contributed by atoms with Crippen molar-refractivity contribution in [3.63, 3.8) is 0 Å². The summed E-state index contributed by atoms with van der Waals surface area (Å²) in [4.78, 5) is 10.5. The van der Waals surface area contributed by atoms with Gasteiger partial charge in [-0.1, -0.05) is 18.5 Å². The molecule has 1 heterocycles. The third kappa shape index (κ3) is 1.25. The first-order valence-corrected chi connectivity index (χ1v) is 3.52. The lowest BCUT2D eigenvalue weighted by atomic mass is 9.84. The van der Waals surface area contributed by atoms with Gasteiger partial charge in [0.05, 0.1) is 6.61 Å². The molecule has 2 N–H and O–H groups in total. The maximum atomic E-state index is 10.5. The quantitative estimate of drug-likeness (QED) is 0.602. The van der Waals surface area contributed by atoms with E-state index >= 15 is 0 Å². The smallest absolute Gasteiger partial charge is 0.218 e. The van der Waals surface area contributed by atoms with Gasteiger partial charge in [0.2, 0.25) is 5.91 Å². The minimum absolute atomic E-state index is 0.229. The molecule has 2 atom stereocenters. The van der Waals surface area contributed by atoms with Crippen LogP contribution in [0, 0.1) is 5.41 Å². The Hall–Kier alpha value is -0.280. The molecule has 1 fully saturated rings. The van der Waals surface area contributed by atoms with E-state index in [1.807, 2.05) is 6.92 Å². The summed E-state index contributed by atoms with van der Waals surface area (Å²) >= 11 is 5.67. The number of hydrogen-bond acceptors (Lipinski definition) is 2. The van der Waals surface area contributed by atoms with Crippen molar-refractivity contribution in [2.24, 2.45) is 11.1 Å². The molecule has 10 heavy (non-hydrogen) atoms. The Kier molecular flexibility index (Phi) is 1.88. The Morgan fingerprint density at radius 2 is 2.60 bits per heavy atom. The van der Waals surface area contributed by atoms with E-state index < -0.39 is 0 Å². The summed E-state index contributed by atoms with van der Waals surface area (Å²) in [6.07, 6.45) is 0.307. The third-order valence-corrected chi connectivity index (χ3v) is 2.34. The molecule has 0 saturated carbocycles. The molecule has 0 radical (unpaired) electrons. The topological polar surface area (TPSA) is 52.3 Å². The molecule has 4 heteroatoms. The molecule has 0 aromatic carbocycles. The Bertz CT molecular complexity index is 162. The van der Waals surface area contributed by atoms with E-state index in [1.54, 1.807) is 0 Å². The van der Waals surface area contributed by atoms with Crippen molar-refractivity contribution in [2.45, 2.75) is 18.9 Å². The predicted molar refractivity (Wildman–Crippen MR) is 37.5 cm³/mol. The minimum atomic E-state index is -0.347. The standard InChI is InChI=1S/C6H10ClNO2/c1-6(2-4(8)9)3-10-5(6)7/h5H,2-3H2,1H3,(H2,8,9). The van der Waals surface area contributed by atoms with E-state index in [0.717, 1.165) is 0 Å². The predicted octanol–water partition coefficient (Wildman–Crippen LogP) is 0.463. The highest BCUT2D eigenvalue weighted by Crippen LogP contribution is 2.39. The SMILES string of the molecule is CC1(CC(N)=O)COC1Cl. The molecule has 0 aromatic heterocycles. The van der Waals surface area contributed by atoms with Gasteiger partial charge in [-0.2, -0.15) is 0 Å². The zero-order valence-electron chi connectivity index (χ0n) is 5.76. The number of ether oxygens (including phenoxy) is 1. The fourth-order valence-corrected chi connectivity index (χ4v) is 1.16. The number of amides is 1. The Labute approximate surface area is 64.5 Å². The van der Waals surface area contributed by atoms with Crippen LogP contribution in [0.5, 0.6) is 0 Å². The number of carbonyl (C=O) groups excluding carboxylic acids is 1. The molecule has 1 saturated heterocycles. The molecular weight excluding hydrogens is 154 g/mol. The summed E-state index contributed by atoms with van der Waals surface area (Å²) in [5, 5.41) is 0. The van der Waals surface area contributed by atoms with E-state index in [2.05, 4.69) is 0 Å². The van der Waals surface area contributed by atoms with Gasteiger partial charge in [0, 0.05) is 11.8 Å². The fraction of sp³-hybridized carbons (Fsp3) is 0.833. The molecule has 3 nitrogen and oxygen atoms in total. The summed E-state index contributed by atoms with van der Waals surface area (Å²) in [6.45, 7) is 2.42. The number of carbonyl (C=O) groups is 1. The van der Waals surface area contributed by atoms with Crippen molar-refractivity contribution in [3.05, 3.63) is 0 Å². The molecule has 0 aromatic rings. The maximum Gasteiger partial charge on any atom is 0.218 e. The second kappa shape index (κ2) is 2.40. The first-order valence-electron chi connectivity index (χ1n) is 3.08. The third-order valence-electron chi connectivity index (χ3n) is 1.69. The van der Waals surface area contributed by atoms with Crippen LogP contribution in [0.2, 0.25) is 0 Å². The van der Waals surface area contributed by atoms with Crippen molar-refractivity contribution in [2.75, 3.05) is 6.61 Å². The van der Waals surface area contributed by atoms with E-state index in [1.165, 1.54) is 0 Å². The van der Waals surface area contributed by atoms with Crippen LogP contribution in [0.3, 0.4) is 0 Å². The van der Waals surface area contributed by atoms with Crippen LogP contribution in [0.1, 0.15) is 13.3 Å². The highest BCUT2D eigenvalue weighted by atomic mass is 35.5. The van der Waals surface area contributed by atoms with Crippen LogP contribution < -0.4 is 5.73 Å². The zero-order valence-corrected chi connectivity index (χ0v) is 6.52. The van der Waals surface area contributed by atoms with E-state index in [-0.39, 0.29) is 16.9 Å². The van der Waals surface area contributed by atoms with E-state index in [9.17, 15) is 4.79 Å². The van der Waals surface area contributed by atoms with Crippen LogP contribution >= 0.6 is 11.6 Å². The highest BCUT2D eigenvalue weighted by Gasteiger charge is 2.44. The van der Waals surface area contributed by atoms with Crippen LogP contribution in [0.25, 0.3) is 0 Å². The first kappa shape index (κ1) is 7.82. The molecule has 58 valence electrons. The van der Waals surface area contributed by atoms with Gasteiger partial charge in [0.25, 0.3) is 0 Å². The van der Waals surface area contributed by atoms with Crippen LogP contribution in [0.15, 0.2) is 0 Å². The van der Waals surface area contributed by atoms with Gasteiger partial charge in [0.15, 0.2) is 0 Å². The average molecular weight is 164 g/mol. The lowest BCUT2D eigenvalue weighted by molar-refractivity contribution is -0.149. The molecular formula is C6H10ClNO2. The van der Waals surface area contributed by atoms with Crippen molar-refractivity contribution >= 4 is 17.5 Å². The first-order chi connectivity index (χ1) is 4.54. The van der Waals surface area contributed by atoms with Gasteiger partial charge in [-0.15, -0.1) is 0 Å². The van der Waals surface area contributed by atoms with Crippen molar-refractivity contribution in [1.82, 2.24) is 0 Å². The number of alkyl halides is 1. The normalized spacial score (nSPS) is 38.8.